The molecule has 5 aromatic rings. The largest absolute Gasteiger partial charge is 0.491 e. The molecule has 51 heavy (non-hydrogen) atoms. The van der Waals surface area contributed by atoms with Gasteiger partial charge in [0.05, 0.1) is 30.5 Å². The zero-order valence-electron chi connectivity index (χ0n) is 30.3. The predicted molar refractivity (Wildman–Crippen MR) is 201 cm³/mol. The number of hydrogen-bond donors (Lipinski definition) is 0. The van der Waals surface area contributed by atoms with E-state index in [2.05, 4.69) is 53.5 Å². The molecule has 10 heteroatoms. The maximum atomic E-state index is 13.4. The number of amides is 1. The summed E-state index contributed by atoms with van der Waals surface area (Å²) in [6, 6.07) is 22.0. The lowest BCUT2D eigenvalue weighted by Crippen LogP contribution is -2.40. The fourth-order valence-corrected chi connectivity index (χ4v) is 7.84. The molecular weight excluding hydrogens is 664 g/mol. The third kappa shape index (κ3) is 7.96. The molecule has 1 aliphatic rings. The number of thioether (sulfide) groups is 1. The predicted octanol–water partition coefficient (Wildman–Crippen LogP) is 8.66. The van der Waals surface area contributed by atoms with E-state index in [4.69, 9.17) is 9.47 Å². The van der Waals surface area contributed by atoms with Crippen LogP contribution in [0.1, 0.15) is 65.3 Å². The fourth-order valence-electron chi connectivity index (χ4n) is 6.66. The average Bonchev–Trinajstić information content (AvgIpc) is 3.58. The second-order valence-electron chi connectivity index (χ2n) is 14.6. The Morgan fingerprint density at radius 1 is 0.980 bits per heavy atom. The highest BCUT2D eigenvalue weighted by molar-refractivity contribution is 8.00. The third-order valence-electron chi connectivity index (χ3n) is 8.96. The van der Waals surface area contributed by atoms with Gasteiger partial charge in [-0.15, -0.1) is 11.8 Å². The molecule has 0 saturated heterocycles. The lowest BCUT2D eigenvalue weighted by atomic mass is 9.87. The van der Waals surface area contributed by atoms with E-state index in [1.165, 1.54) is 0 Å². The van der Waals surface area contributed by atoms with Crippen LogP contribution in [0.3, 0.4) is 0 Å². The summed E-state index contributed by atoms with van der Waals surface area (Å²) in [4.78, 5) is 37.1. The Morgan fingerprint density at radius 3 is 2.35 bits per heavy atom. The van der Waals surface area contributed by atoms with E-state index >= 15 is 0 Å². The van der Waals surface area contributed by atoms with Crippen LogP contribution in [0.25, 0.3) is 22.3 Å². The van der Waals surface area contributed by atoms with E-state index in [0.29, 0.717) is 32.0 Å². The van der Waals surface area contributed by atoms with Crippen molar-refractivity contribution in [2.24, 2.45) is 5.41 Å². The zero-order valence-corrected chi connectivity index (χ0v) is 31.1. The summed E-state index contributed by atoms with van der Waals surface area (Å²) in [5.74, 6) is 0.448. The second-order valence-corrected chi connectivity index (χ2v) is 16.5. The van der Waals surface area contributed by atoms with E-state index < -0.39 is 11.2 Å². The number of aromatic nitrogens is 3. The van der Waals surface area contributed by atoms with Gasteiger partial charge in [-0.1, -0.05) is 63.2 Å². The number of nitrogens with zero attached hydrogens (tertiary/aromatic N) is 4. The van der Waals surface area contributed by atoms with Gasteiger partial charge in [-0.3, -0.25) is 9.59 Å². The zero-order chi connectivity index (χ0) is 36.5. The Labute approximate surface area is 303 Å². The molecule has 0 saturated carbocycles. The van der Waals surface area contributed by atoms with Gasteiger partial charge in [0.2, 0.25) is 5.91 Å². The van der Waals surface area contributed by atoms with Crippen molar-refractivity contribution < 1.29 is 23.5 Å². The summed E-state index contributed by atoms with van der Waals surface area (Å²) in [7, 11) is 0. The first-order chi connectivity index (χ1) is 24.2. The van der Waals surface area contributed by atoms with Gasteiger partial charge in [-0.2, -0.15) is 0 Å². The van der Waals surface area contributed by atoms with Crippen molar-refractivity contribution >= 4 is 40.2 Å². The molecule has 3 heterocycles. The molecule has 1 aliphatic heterocycles. The van der Waals surface area contributed by atoms with Gasteiger partial charge < -0.3 is 18.9 Å². The number of para-hydroxylation sites is 1. The molecule has 0 unspecified atom stereocenters. The van der Waals surface area contributed by atoms with Crippen LogP contribution in [0.5, 0.6) is 5.75 Å². The lowest BCUT2D eigenvalue weighted by Gasteiger charge is -2.26. The quantitative estimate of drug-likeness (QED) is 0.100. The smallest absolute Gasteiger partial charge is 0.311 e. The van der Waals surface area contributed by atoms with Crippen molar-refractivity contribution in [3.05, 3.63) is 102 Å². The third-order valence-corrected chi connectivity index (χ3v) is 10.2. The van der Waals surface area contributed by atoms with Gasteiger partial charge in [0, 0.05) is 57.4 Å². The van der Waals surface area contributed by atoms with Gasteiger partial charge in [0.25, 0.3) is 0 Å². The molecule has 0 bridgehead atoms. The number of hydrogen-bond acceptors (Lipinski definition) is 7. The number of anilines is 1. The maximum absolute atomic E-state index is 13.4. The molecule has 6 rings (SSSR count). The fraction of sp³-hybridized carbons (Fsp3) is 0.366. The van der Waals surface area contributed by atoms with Gasteiger partial charge in [0.15, 0.2) is 11.6 Å². The Bertz CT molecular complexity index is 2050. The second kappa shape index (κ2) is 14.5. The number of ether oxygens (including phenoxy) is 2. The summed E-state index contributed by atoms with van der Waals surface area (Å²) in [5, 5.41) is 1.04. The number of carbonyl (C=O) groups is 2. The number of rotatable bonds is 11. The standard InChI is InChI=1S/C41H45FN4O4S/c1-8-49-39(48)41(6,7)21-36-37(51-40(3,4)5)33-20-32(50-25-31-19-29-11-9-10-12-34(29)46(31)26(2)47)17-18-35(33)45(36)24-27-13-15-28(16-14-27)38-43-22-30(42)23-44-38/h9-18,20,22-23,31H,8,19,21,24-25H2,1-7H3/t31-/m0/s1. The summed E-state index contributed by atoms with van der Waals surface area (Å²) in [5.41, 5.74) is 5.21. The number of esters is 1. The minimum atomic E-state index is -0.786. The van der Waals surface area contributed by atoms with Crippen LogP contribution in [0.15, 0.2) is 84.0 Å². The molecule has 8 nitrogen and oxygen atoms in total. The number of carbonyl (C=O) groups excluding carboxylic acids is 2. The Hall–Kier alpha value is -4.70. The van der Waals surface area contributed by atoms with Crippen LogP contribution in [0.2, 0.25) is 0 Å². The first-order valence-corrected chi connectivity index (χ1v) is 18.1. The monoisotopic (exact) mass is 708 g/mol. The summed E-state index contributed by atoms with van der Waals surface area (Å²) >= 11 is 1.77. The molecule has 0 N–H and O–H groups in total. The minimum Gasteiger partial charge on any atom is -0.491 e. The van der Waals surface area contributed by atoms with E-state index in [1.807, 2.05) is 74.2 Å². The number of halogens is 1. The molecule has 0 fully saturated rings. The molecular formula is C41H45FN4O4S. The highest BCUT2D eigenvalue weighted by atomic mass is 32.2. The van der Waals surface area contributed by atoms with Crippen LogP contribution in [0, 0.1) is 11.2 Å². The van der Waals surface area contributed by atoms with E-state index in [-0.39, 0.29) is 22.7 Å². The molecule has 1 amide bonds. The molecule has 266 valence electrons. The van der Waals surface area contributed by atoms with Crippen LogP contribution in [0.4, 0.5) is 10.1 Å². The molecule has 3 aromatic carbocycles. The van der Waals surface area contributed by atoms with Crippen LogP contribution in [-0.4, -0.2) is 50.4 Å². The Morgan fingerprint density at radius 2 is 1.69 bits per heavy atom. The lowest BCUT2D eigenvalue weighted by molar-refractivity contribution is -0.153. The van der Waals surface area contributed by atoms with Crippen LogP contribution >= 0.6 is 11.8 Å². The number of fused-ring (bicyclic) bond motifs is 2. The van der Waals surface area contributed by atoms with E-state index in [0.717, 1.165) is 68.4 Å². The van der Waals surface area contributed by atoms with Crippen molar-refractivity contribution in [3.8, 4) is 17.1 Å². The molecule has 1 atom stereocenters. The van der Waals surface area contributed by atoms with Crippen molar-refractivity contribution in [3.63, 3.8) is 0 Å². The highest BCUT2D eigenvalue weighted by Gasteiger charge is 2.35. The number of benzene rings is 3. The van der Waals surface area contributed by atoms with Crippen molar-refractivity contribution in [2.45, 2.75) is 83.5 Å². The van der Waals surface area contributed by atoms with E-state index in [9.17, 15) is 14.0 Å². The first-order valence-electron chi connectivity index (χ1n) is 17.3. The Kier molecular flexibility index (Phi) is 10.3. The van der Waals surface area contributed by atoms with Gasteiger partial charge in [0.1, 0.15) is 12.4 Å². The molecule has 0 spiro atoms. The summed E-state index contributed by atoms with van der Waals surface area (Å²) in [6.45, 7) is 15.1. The van der Waals surface area contributed by atoms with Gasteiger partial charge >= 0.3 is 5.97 Å². The first kappa shape index (κ1) is 36.1. The van der Waals surface area contributed by atoms with Crippen LogP contribution in [-0.2, 0) is 33.7 Å². The Balaban J connectivity index is 1.39. The van der Waals surface area contributed by atoms with Crippen LogP contribution < -0.4 is 9.64 Å². The van der Waals surface area contributed by atoms with Crippen molar-refractivity contribution in [2.75, 3.05) is 18.1 Å². The highest BCUT2D eigenvalue weighted by Crippen LogP contribution is 2.44. The molecule has 0 aliphatic carbocycles. The van der Waals surface area contributed by atoms with Gasteiger partial charge in [-0.25, -0.2) is 14.4 Å². The maximum Gasteiger partial charge on any atom is 0.311 e. The van der Waals surface area contributed by atoms with Gasteiger partial charge in [-0.05, 0) is 62.6 Å². The normalized spacial score (nSPS) is 14.5. The minimum absolute atomic E-state index is 0.00276. The van der Waals surface area contributed by atoms with Crippen molar-refractivity contribution in [1.82, 2.24) is 14.5 Å². The molecule has 2 aromatic heterocycles. The summed E-state index contributed by atoms with van der Waals surface area (Å²) in [6.07, 6.45) is 3.53. The summed E-state index contributed by atoms with van der Waals surface area (Å²) < 4.78 is 27.6. The SMILES string of the molecule is CCOC(=O)C(C)(C)Cc1c(SC(C)(C)C)c2cc(OC[C@@H]3Cc4ccccc4N3C(C)=O)ccc2n1Cc1ccc(-c2ncc(F)cn2)cc1. The van der Waals surface area contributed by atoms with Crippen molar-refractivity contribution in [1.29, 1.82) is 0 Å². The van der Waals surface area contributed by atoms with E-state index in [1.54, 1.807) is 18.7 Å². The molecule has 0 radical (unpaired) electrons. The average molecular weight is 709 g/mol. The topological polar surface area (TPSA) is 86.5 Å².